The first-order valence-corrected chi connectivity index (χ1v) is 5.64. The highest BCUT2D eigenvalue weighted by molar-refractivity contribution is 5.04. The number of nitriles is 1. The molecule has 1 aliphatic rings. The van der Waals surface area contributed by atoms with Crippen LogP contribution in [0.25, 0.3) is 0 Å². The fourth-order valence-electron chi connectivity index (χ4n) is 2.95. The summed E-state index contributed by atoms with van der Waals surface area (Å²) in [5.41, 5.74) is -0.265. The molecule has 86 valence electrons. The maximum absolute atomic E-state index is 9.25. The van der Waals surface area contributed by atoms with E-state index < -0.39 is 0 Å². The zero-order valence-corrected chi connectivity index (χ0v) is 10.6. The van der Waals surface area contributed by atoms with Crippen LogP contribution in [0, 0.1) is 22.7 Å². The third-order valence-electron chi connectivity index (χ3n) is 3.46. The summed E-state index contributed by atoms with van der Waals surface area (Å²) in [5, 5.41) is 9.25. The molecule has 0 N–H and O–H groups in total. The molecule has 0 aromatic rings. The van der Waals surface area contributed by atoms with E-state index in [4.69, 9.17) is 0 Å². The molecule has 2 unspecified atom stereocenters. The molecule has 0 aliphatic carbocycles. The fraction of sp³-hybridized carbons (Fsp3) is 0.917. The molecule has 15 heavy (non-hydrogen) atoms. The van der Waals surface area contributed by atoms with E-state index in [2.05, 4.69) is 50.9 Å². The number of likely N-dealkylation sites (tertiary alicyclic amines) is 1. The van der Waals surface area contributed by atoms with Crippen LogP contribution in [0.2, 0.25) is 0 Å². The van der Waals surface area contributed by atoms with Gasteiger partial charge in [-0.05, 0) is 53.9 Å². The molecule has 0 spiro atoms. The van der Waals surface area contributed by atoms with Gasteiger partial charge in [0.2, 0.25) is 0 Å². The molecule has 1 rings (SSSR count). The number of hydrogen-bond acceptors (Lipinski definition) is 3. The van der Waals surface area contributed by atoms with Gasteiger partial charge in [0.1, 0.15) is 0 Å². The second-order valence-corrected chi connectivity index (χ2v) is 5.55. The molecule has 0 radical (unpaired) electrons. The van der Waals surface area contributed by atoms with Crippen molar-refractivity contribution in [2.24, 2.45) is 11.3 Å². The summed E-state index contributed by atoms with van der Waals surface area (Å²) in [6.07, 6.45) is 1.21. The summed E-state index contributed by atoms with van der Waals surface area (Å²) >= 11 is 0. The second-order valence-electron chi connectivity index (χ2n) is 5.55. The predicted molar refractivity (Wildman–Crippen MR) is 62.5 cm³/mol. The van der Waals surface area contributed by atoms with Crippen molar-refractivity contribution in [3.63, 3.8) is 0 Å². The first kappa shape index (κ1) is 12.5. The monoisotopic (exact) mass is 209 g/mol. The third-order valence-corrected chi connectivity index (χ3v) is 3.46. The van der Waals surface area contributed by atoms with Gasteiger partial charge in [-0.3, -0.25) is 0 Å². The minimum Gasteiger partial charge on any atom is -0.306 e. The van der Waals surface area contributed by atoms with Crippen molar-refractivity contribution >= 4 is 0 Å². The average Bonchev–Trinajstić information content (AvgIpc) is 2.51. The second kappa shape index (κ2) is 4.51. The zero-order chi connectivity index (χ0) is 11.6. The van der Waals surface area contributed by atoms with Crippen molar-refractivity contribution in [1.82, 2.24) is 9.80 Å². The summed E-state index contributed by atoms with van der Waals surface area (Å²) in [5.74, 6) is 0.625. The van der Waals surface area contributed by atoms with Crippen LogP contribution in [0.1, 0.15) is 20.3 Å². The quantitative estimate of drug-likeness (QED) is 0.704. The Balaban J connectivity index is 2.80. The Morgan fingerprint density at radius 3 is 2.40 bits per heavy atom. The third kappa shape index (κ3) is 2.70. The highest BCUT2D eigenvalue weighted by atomic mass is 15.2. The Labute approximate surface area is 93.7 Å². The van der Waals surface area contributed by atoms with Gasteiger partial charge in [-0.25, -0.2) is 0 Å². The summed E-state index contributed by atoms with van der Waals surface area (Å²) < 4.78 is 0. The molecule has 1 saturated heterocycles. The van der Waals surface area contributed by atoms with Crippen molar-refractivity contribution in [3.05, 3.63) is 0 Å². The van der Waals surface area contributed by atoms with Gasteiger partial charge < -0.3 is 9.80 Å². The molecule has 3 nitrogen and oxygen atoms in total. The maximum Gasteiger partial charge on any atom is 0.0700 e. The molecule has 1 fully saturated rings. The Kier molecular flexibility index (Phi) is 3.75. The van der Waals surface area contributed by atoms with Crippen LogP contribution in [0.15, 0.2) is 0 Å². The van der Waals surface area contributed by atoms with Gasteiger partial charge in [0.15, 0.2) is 0 Å². The van der Waals surface area contributed by atoms with E-state index in [1.165, 1.54) is 6.42 Å². The SMILES string of the molecule is CN1CCC(C(N(C)C)C(C)(C)C#N)C1. The first-order valence-electron chi connectivity index (χ1n) is 5.64. The number of nitrogens with zero attached hydrogens (tertiary/aromatic N) is 3. The highest BCUT2D eigenvalue weighted by Gasteiger charge is 2.39. The molecule has 2 atom stereocenters. The lowest BCUT2D eigenvalue weighted by Crippen LogP contribution is -2.46. The van der Waals surface area contributed by atoms with Crippen LogP contribution in [0.4, 0.5) is 0 Å². The largest absolute Gasteiger partial charge is 0.306 e. The maximum atomic E-state index is 9.25. The number of hydrogen-bond donors (Lipinski definition) is 0. The Hall–Kier alpha value is -0.590. The van der Waals surface area contributed by atoms with E-state index in [9.17, 15) is 5.26 Å². The molecular formula is C12H23N3. The van der Waals surface area contributed by atoms with Crippen LogP contribution in [0.3, 0.4) is 0 Å². The molecule has 0 aromatic heterocycles. The summed E-state index contributed by atoms with van der Waals surface area (Å²) in [4.78, 5) is 4.57. The predicted octanol–water partition coefficient (Wildman–Crippen LogP) is 1.42. The number of rotatable bonds is 3. The van der Waals surface area contributed by atoms with Crippen LogP contribution in [0.5, 0.6) is 0 Å². The van der Waals surface area contributed by atoms with Gasteiger partial charge in [0.25, 0.3) is 0 Å². The van der Waals surface area contributed by atoms with E-state index in [1.54, 1.807) is 0 Å². The van der Waals surface area contributed by atoms with E-state index in [1.807, 2.05) is 0 Å². The molecule has 0 saturated carbocycles. The van der Waals surface area contributed by atoms with Gasteiger partial charge in [0, 0.05) is 12.6 Å². The highest BCUT2D eigenvalue weighted by Crippen LogP contribution is 2.33. The molecule has 1 aliphatic heterocycles. The normalized spacial score (nSPS) is 25.5. The van der Waals surface area contributed by atoms with Crippen molar-refractivity contribution in [2.45, 2.75) is 26.3 Å². The van der Waals surface area contributed by atoms with Crippen molar-refractivity contribution in [3.8, 4) is 6.07 Å². The van der Waals surface area contributed by atoms with Gasteiger partial charge in [-0.1, -0.05) is 0 Å². The van der Waals surface area contributed by atoms with Crippen molar-refractivity contribution < 1.29 is 0 Å². The summed E-state index contributed by atoms with van der Waals surface area (Å²) in [7, 11) is 6.33. The first-order chi connectivity index (χ1) is 6.88. The molecule has 3 heteroatoms. The Bertz CT molecular complexity index is 252. The Morgan fingerprint density at radius 2 is 2.07 bits per heavy atom. The van der Waals surface area contributed by atoms with Gasteiger partial charge in [-0.2, -0.15) is 5.26 Å². The lowest BCUT2D eigenvalue weighted by molar-refractivity contribution is 0.121. The van der Waals surface area contributed by atoms with E-state index in [-0.39, 0.29) is 5.41 Å². The molecule has 0 bridgehead atoms. The summed E-state index contributed by atoms with van der Waals surface area (Å²) in [6, 6.07) is 2.81. The molecule has 0 aromatic carbocycles. The van der Waals surface area contributed by atoms with E-state index in [0.29, 0.717) is 12.0 Å². The Morgan fingerprint density at radius 1 is 1.47 bits per heavy atom. The lowest BCUT2D eigenvalue weighted by Gasteiger charge is -2.38. The van der Waals surface area contributed by atoms with E-state index in [0.717, 1.165) is 13.1 Å². The average molecular weight is 209 g/mol. The van der Waals surface area contributed by atoms with Gasteiger partial charge >= 0.3 is 0 Å². The van der Waals surface area contributed by atoms with Crippen LogP contribution < -0.4 is 0 Å². The smallest absolute Gasteiger partial charge is 0.0700 e. The summed E-state index contributed by atoms with van der Waals surface area (Å²) in [6.45, 7) is 6.39. The van der Waals surface area contributed by atoms with Gasteiger partial charge in [-0.15, -0.1) is 0 Å². The minimum atomic E-state index is -0.265. The van der Waals surface area contributed by atoms with Crippen molar-refractivity contribution in [2.75, 3.05) is 34.2 Å². The zero-order valence-electron chi connectivity index (χ0n) is 10.6. The standard InChI is InChI=1S/C12H23N3/c1-12(2,9-13)11(14(3)4)10-6-7-15(5)8-10/h10-11H,6-8H2,1-5H3. The van der Waals surface area contributed by atoms with Crippen LogP contribution in [-0.2, 0) is 0 Å². The van der Waals surface area contributed by atoms with E-state index >= 15 is 0 Å². The van der Waals surface area contributed by atoms with Crippen molar-refractivity contribution in [1.29, 1.82) is 5.26 Å². The topological polar surface area (TPSA) is 30.3 Å². The van der Waals surface area contributed by atoms with Crippen LogP contribution in [-0.4, -0.2) is 50.1 Å². The fourth-order valence-corrected chi connectivity index (χ4v) is 2.95. The molecule has 1 heterocycles. The van der Waals surface area contributed by atoms with Crippen LogP contribution >= 0.6 is 0 Å². The van der Waals surface area contributed by atoms with Gasteiger partial charge in [0.05, 0.1) is 11.5 Å². The lowest BCUT2D eigenvalue weighted by atomic mass is 9.77. The molecule has 0 amide bonds. The minimum absolute atomic E-state index is 0.265. The molecular weight excluding hydrogens is 186 g/mol.